The van der Waals surface area contributed by atoms with E-state index in [-0.39, 0.29) is 24.4 Å². The lowest BCUT2D eigenvalue weighted by Gasteiger charge is -2.18. The number of nitrogens with one attached hydrogen (secondary N) is 4. The molecule has 35 heavy (non-hydrogen) atoms. The molecule has 1 heterocycles. The lowest BCUT2D eigenvalue weighted by molar-refractivity contribution is -0.140. The predicted molar refractivity (Wildman–Crippen MR) is 129 cm³/mol. The number of carbonyl (C=O) groups excluding carboxylic acids is 4. The van der Waals surface area contributed by atoms with Crippen LogP contribution in [-0.4, -0.2) is 55.1 Å². The highest BCUT2D eigenvalue weighted by molar-refractivity contribution is 5.96. The Bertz CT molecular complexity index is 917. The van der Waals surface area contributed by atoms with Gasteiger partial charge >= 0.3 is 12.1 Å². The zero-order valence-corrected chi connectivity index (χ0v) is 20.0. The van der Waals surface area contributed by atoms with Gasteiger partial charge in [0.1, 0.15) is 18.3 Å². The largest absolute Gasteiger partial charge is 0.469 e. The van der Waals surface area contributed by atoms with Crippen LogP contribution in [0.3, 0.4) is 0 Å². The van der Waals surface area contributed by atoms with E-state index in [9.17, 15) is 19.2 Å². The molecule has 10 nitrogen and oxygen atoms in total. The third-order valence-electron chi connectivity index (χ3n) is 5.20. The van der Waals surface area contributed by atoms with E-state index < -0.39 is 12.1 Å². The molecule has 10 heteroatoms. The number of rotatable bonds is 15. The number of carbonyl (C=O) groups is 4. The summed E-state index contributed by atoms with van der Waals surface area (Å²) >= 11 is 0. The molecule has 0 aliphatic heterocycles. The molecule has 2 rings (SSSR count). The summed E-state index contributed by atoms with van der Waals surface area (Å²) in [7, 11) is 1.35. The number of aromatic amines is 1. The number of amides is 3. The van der Waals surface area contributed by atoms with Crippen molar-refractivity contribution in [1.82, 2.24) is 20.9 Å². The van der Waals surface area contributed by atoms with Gasteiger partial charge in [-0.2, -0.15) is 0 Å². The summed E-state index contributed by atoms with van der Waals surface area (Å²) in [5.74, 6) is -0.938. The summed E-state index contributed by atoms with van der Waals surface area (Å²) in [5.41, 5.74) is 1.24. The Hall–Kier alpha value is -3.82. The highest BCUT2D eigenvalue weighted by atomic mass is 16.5. The number of benzene rings is 1. The van der Waals surface area contributed by atoms with Crippen molar-refractivity contribution in [3.05, 3.63) is 59.9 Å². The van der Waals surface area contributed by atoms with Crippen LogP contribution in [-0.2, 0) is 25.7 Å². The summed E-state index contributed by atoms with van der Waals surface area (Å²) in [5, 5.41) is 8.23. The van der Waals surface area contributed by atoms with Crippen LogP contribution in [0.25, 0.3) is 0 Å². The van der Waals surface area contributed by atoms with Gasteiger partial charge < -0.3 is 30.4 Å². The normalized spacial score (nSPS) is 11.2. The average molecular weight is 487 g/mol. The zero-order chi connectivity index (χ0) is 25.3. The molecule has 0 bridgehead atoms. The van der Waals surface area contributed by atoms with Crippen molar-refractivity contribution in [2.45, 2.75) is 51.2 Å². The Kier molecular flexibility index (Phi) is 12.5. The second-order valence-corrected chi connectivity index (χ2v) is 7.92. The number of H-pyrrole nitrogens is 1. The van der Waals surface area contributed by atoms with Crippen molar-refractivity contribution in [1.29, 1.82) is 0 Å². The van der Waals surface area contributed by atoms with Gasteiger partial charge in [0.15, 0.2) is 0 Å². The van der Waals surface area contributed by atoms with Gasteiger partial charge in [-0.05, 0) is 43.4 Å². The second kappa shape index (κ2) is 15.9. The summed E-state index contributed by atoms with van der Waals surface area (Å²) in [6.07, 6.45) is 4.38. The van der Waals surface area contributed by atoms with Gasteiger partial charge in [0.25, 0.3) is 5.91 Å². The molecule has 0 radical (unpaired) electrons. The maximum absolute atomic E-state index is 12.7. The molecule has 0 spiro atoms. The van der Waals surface area contributed by atoms with Crippen LogP contribution in [0, 0.1) is 0 Å². The van der Waals surface area contributed by atoms with E-state index in [4.69, 9.17) is 4.74 Å². The molecule has 1 atom stereocenters. The monoisotopic (exact) mass is 486 g/mol. The van der Waals surface area contributed by atoms with Crippen LogP contribution in [0.4, 0.5) is 4.79 Å². The van der Waals surface area contributed by atoms with E-state index in [1.54, 1.807) is 18.3 Å². The van der Waals surface area contributed by atoms with Crippen LogP contribution >= 0.6 is 0 Å². The third-order valence-corrected chi connectivity index (χ3v) is 5.20. The number of esters is 1. The minimum atomic E-state index is -0.761. The van der Waals surface area contributed by atoms with Crippen molar-refractivity contribution in [2.75, 3.05) is 20.2 Å². The van der Waals surface area contributed by atoms with Crippen molar-refractivity contribution >= 4 is 23.9 Å². The number of hydrogen-bond acceptors (Lipinski definition) is 6. The molecule has 4 N–H and O–H groups in total. The Balaban J connectivity index is 1.74. The number of hydrogen-bond donors (Lipinski definition) is 4. The van der Waals surface area contributed by atoms with Crippen molar-refractivity contribution in [2.24, 2.45) is 0 Å². The summed E-state index contributed by atoms with van der Waals surface area (Å²) in [6, 6.07) is 11.9. The van der Waals surface area contributed by atoms with Crippen molar-refractivity contribution in [3.63, 3.8) is 0 Å². The fraction of sp³-hybridized carbons (Fsp3) is 0.440. The first-order chi connectivity index (χ1) is 17.0. The van der Waals surface area contributed by atoms with Gasteiger partial charge in [-0.15, -0.1) is 0 Å². The topological polar surface area (TPSA) is 139 Å². The Morgan fingerprint density at radius 1 is 0.914 bits per heavy atom. The summed E-state index contributed by atoms with van der Waals surface area (Å²) < 4.78 is 9.77. The molecule has 1 aromatic carbocycles. The van der Waals surface area contributed by atoms with Gasteiger partial charge in [-0.25, -0.2) is 4.79 Å². The lowest BCUT2D eigenvalue weighted by Crippen LogP contribution is -2.47. The van der Waals surface area contributed by atoms with Crippen LogP contribution in [0.1, 0.15) is 54.6 Å². The molecule has 3 amide bonds. The van der Waals surface area contributed by atoms with Gasteiger partial charge in [0.2, 0.25) is 5.91 Å². The third kappa shape index (κ3) is 11.2. The van der Waals surface area contributed by atoms with Crippen LogP contribution in [0.2, 0.25) is 0 Å². The maximum Gasteiger partial charge on any atom is 0.407 e. The summed E-state index contributed by atoms with van der Waals surface area (Å²) in [4.78, 5) is 51.0. The zero-order valence-electron chi connectivity index (χ0n) is 20.0. The predicted octanol–water partition coefficient (Wildman–Crippen LogP) is 2.67. The fourth-order valence-electron chi connectivity index (χ4n) is 3.26. The van der Waals surface area contributed by atoms with E-state index in [1.807, 2.05) is 30.3 Å². The first kappa shape index (κ1) is 27.4. The van der Waals surface area contributed by atoms with Crippen molar-refractivity contribution < 1.29 is 28.7 Å². The number of methoxy groups -OCH3 is 1. The minimum absolute atomic E-state index is 0.170. The average Bonchev–Trinajstić information content (AvgIpc) is 3.42. The minimum Gasteiger partial charge on any atom is -0.469 e. The Morgan fingerprint density at radius 2 is 1.69 bits per heavy atom. The molecule has 0 saturated carbocycles. The molecule has 190 valence electrons. The van der Waals surface area contributed by atoms with E-state index >= 15 is 0 Å². The van der Waals surface area contributed by atoms with E-state index in [2.05, 4.69) is 25.7 Å². The van der Waals surface area contributed by atoms with Gasteiger partial charge in [-0.1, -0.05) is 36.8 Å². The van der Waals surface area contributed by atoms with Gasteiger partial charge in [-0.3, -0.25) is 14.4 Å². The molecular weight excluding hydrogens is 452 g/mol. The highest BCUT2D eigenvalue weighted by Crippen LogP contribution is 2.04. The summed E-state index contributed by atoms with van der Waals surface area (Å²) in [6.45, 7) is 0.895. The molecule has 0 aliphatic carbocycles. The number of ether oxygens (including phenoxy) is 2. The number of aromatic nitrogens is 1. The fourth-order valence-corrected chi connectivity index (χ4v) is 3.26. The number of unbranched alkanes of at least 4 members (excludes halogenated alkanes) is 2. The van der Waals surface area contributed by atoms with E-state index in [0.29, 0.717) is 50.9 Å². The first-order valence-electron chi connectivity index (χ1n) is 11.7. The first-order valence-corrected chi connectivity index (χ1v) is 11.7. The molecule has 0 unspecified atom stereocenters. The standard InChI is InChI=1S/C25H34N4O6/c1-34-22(30)14-6-3-7-15-27-23(31)21(29-24(32)20-12-8-16-26-20)13-9-17-28-25(33)35-18-19-10-4-2-5-11-19/h2,4-5,8,10-12,16,21,26H,3,6-7,9,13-15,17-18H2,1H3,(H,27,31)(H,28,33)(H,29,32)/t21-/m0/s1. The lowest BCUT2D eigenvalue weighted by atomic mass is 10.1. The van der Waals surface area contributed by atoms with Crippen molar-refractivity contribution in [3.8, 4) is 0 Å². The van der Waals surface area contributed by atoms with Crippen LogP contribution in [0.15, 0.2) is 48.7 Å². The number of alkyl carbamates (subject to hydrolysis) is 1. The van der Waals surface area contributed by atoms with Crippen LogP contribution < -0.4 is 16.0 Å². The Labute approximate surface area is 205 Å². The van der Waals surface area contributed by atoms with E-state index in [1.165, 1.54) is 7.11 Å². The van der Waals surface area contributed by atoms with E-state index in [0.717, 1.165) is 12.0 Å². The maximum atomic E-state index is 12.7. The molecule has 1 aromatic heterocycles. The van der Waals surface area contributed by atoms with Gasteiger partial charge in [0, 0.05) is 25.7 Å². The molecule has 0 fully saturated rings. The quantitative estimate of drug-likeness (QED) is 0.226. The highest BCUT2D eigenvalue weighted by Gasteiger charge is 2.21. The molecule has 2 aromatic rings. The Morgan fingerprint density at radius 3 is 2.40 bits per heavy atom. The molecular formula is C25H34N4O6. The second-order valence-electron chi connectivity index (χ2n) is 7.92. The molecule has 0 saturated heterocycles. The van der Waals surface area contributed by atoms with Crippen LogP contribution in [0.5, 0.6) is 0 Å². The van der Waals surface area contributed by atoms with Gasteiger partial charge in [0.05, 0.1) is 7.11 Å². The smallest absolute Gasteiger partial charge is 0.407 e. The molecule has 0 aliphatic rings. The SMILES string of the molecule is COC(=O)CCCCCNC(=O)[C@H](CCCNC(=O)OCc1ccccc1)NC(=O)c1ccc[nH]1.